The predicted molar refractivity (Wildman–Crippen MR) is 116 cm³/mol. The fourth-order valence-electron chi connectivity index (χ4n) is 2.53. The minimum Gasteiger partial charge on any atom is -0.478 e. The highest BCUT2D eigenvalue weighted by atomic mass is 32.2. The van der Waals surface area contributed by atoms with Crippen molar-refractivity contribution in [3.05, 3.63) is 71.6 Å². The minimum absolute atomic E-state index is 0.0801. The van der Waals surface area contributed by atoms with Crippen LogP contribution in [0.5, 0.6) is 0 Å². The molecule has 2 rings (SSSR count). The van der Waals surface area contributed by atoms with Crippen molar-refractivity contribution in [2.75, 3.05) is 13.1 Å². The Labute approximate surface area is 181 Å². The molecule has 2 aromatic rings. The van der Waals surface area contributed by atoms with Crippen LogP contribution in [0.3, 0.4) is 0 Å². The van der Waals surface area contributed by atoms with Crippen LogP contribution < -0.4 is 0 Å². The fourth-order valence-corrected chi connectivity index (χ4v) is 4.15. The maximum absolute atomic E-state index is 12.5. The van der Waals surface area contributed by atoms with Crippen LogP contribution in [0.4, 0.5) is 4.39 Å². The number of sulfonamides is 1. The second-order valence-corrected chi connectivity index (χ2v) is 8.38. The fraction of sp³-hybridized carbons (Fsp3) is 0.273. The Morgan fingerprint density at radius 2 is 1.45 bits per heavy atom. The van der Waals surface area contributed by atoms with Crippen LogP contribution in [-0.4, -0.2) is 48.0 Å². The van der Waals surface area contributed by atoms with Gasteiger partial charge in [0.2, 0.25) is 15.9 Å². The van der Waals surface area contributed by atoms with E-state index in [4.69, 9.17) is 10.2 Å². The van der Waals surface area contributed by atoms with Crippen LogP contribution in [0.2, 0.25) is 0 Å². The highest BCUT2D eigenvalue weighted by Gasteiger charge is 2.23. The summed E-state index contributed by atoms with van der Waals surface area (Å²) in [6.07, 6.45) is 2.46. The van der Waals surface area contributed by atoms with Gasteiger partial charge in [0.1, 0.15) is 0 Å². The van der Waals surface area contributed by atoms with Crippen molar-refractivity contribution in [1.29, 1.82) is 0 Å². The van der Waals surface area contributed by atoms with E-state index in [1.54, 1.807) is 30.3 Å². The number of hydrogen-bond acceptors (Lipinski definition) is 4. The van der Waals surface area contributed by atoms with E-state index in [1.807, 2.05) is 13.8 Å². The van der Waals surface area contributed by atoms with Gasteiger partial charge in [0.05, 0.1) is 10.5 Å². The number of aliphatic carboxylic acids is 1. The molecular weight excluding hydrogens is 425 g/mol. The summed E-state index contributed by atoms with van der Waals surface area (Å²) in [6, 6.07) is 13.8. The average molecular weight is 452 g/mol. The molecule has 0 heterocycles. The number of rotatable bonds is 9. The third-order valence-corrected chi connectivity index (χ3v) is 5.90. The second-order valence-electron chi connectivity index (χ2n) is 6.44. The first-order valence-electron chi connectivity index (χ1n) is 9.62. The number of carboxylic acid groups (broad SMARTS) is 2. The zero-order valence-electron chi connectivity index (χ0n) is 17.4. The van der Waals surface area contributed by atoms with Crippen LogP contribution in [0, 0.1) is 0 Å². The van der Waals surface area contributed by atoms with Gasteiger partial charge >= 0.3 is 11.9 Å². The van der Waals surface area contributed by atoms with E-state index in [2.05, 4.69) is 0 Å². The first-order valence-corrected chi connectivity index (χ1v) is 11.1. The van der Waals surface area contributed by atoms with Gasteiger partial charge in [-0.05, 0) is 48.7 Å². The van der Waals surface area contributed by atoms with Crippen molar-refractivity contribution in [3.63, 3.8) is 0 Å². The lowest BCUT2D eigenvalue weighted by Gasteiger charge is -2.20. The zero-order chi connectivity index (χ0) is 23.4. The minimum atomic E-state index is -3.53. The summed E-state index contributed by atoms with van der Waals surface area (Å²) in [7, 11) is -3.53. The summed E-state index contributed by atoms with van der Waals surface area (Å²) in [5, 5.41) is 17.0. The Hall–Kier alpha value is -3.04. The van der Waals surface area contributed by atoms with Gasteiger partial charge < -0.3 is 10.2 Å². The normalized spacial score (nSPS) is 11.5. The van der Waals surface area contributed by atoms with Crippen molar-refractivity contribution in [1.82, 2.24) is 4.31 Å². The van der Waals surface area contributed by atoms with Crippen LogP contribution in [0.15, 0.2) is 65.3 Å². The number of carbonyl (C=O) groups is 2. The molecule has 0 unspecified atom stereocenters. The standard InChI is InChI=1S/C13H19NO4S.C9H7FO2/c1-3-9-14(10-4-2)19(17,18)12-7-5-11(6-8-12)13(15)16;10-8(9(11)12)6-7-4-2-1-3-5-7/h5-8H,3-4,9-10H2,1-2H3,(H,15,16);1-6H,(H,11,12)/b;8-6-. The highest BCUT2D eigenvalue weighted by Crippen LogP contribution is 2.17. The van der Waals surface area contributed by atoms with E-state index in [9.17, 15) is 22.4 Å². The smallest absolute Gasteiger partial charge is 0.364 e. The number of hydrogen-bond donors (Lipinski definition) is 2. The summed E-state index contributed by atoms with van der Waals surface area (Å²) in [5.41, 5.74) is 0.619. The molecule has 2 aromatic carbocycles. The molecule has 9 heteroatoms. The molecule has 0 fully saturated rings. The summed E-state index contributed by atoms with van der Waals surface area (Å²) in [4.78, 5) is 20.9. The summed E-state index contributed by atoms with van der Waals surface area (Å²) >= 11 is 0. The lowest BCUT2D eigenvalue weighted by molar-refractivity contribution is -0.134. The van der Waals surface area contributed by atoms with Crippen molar-refractivity contribution in [3.8, 4) is 0 Å². The number of nitrogens with zero attached hydrogens (tertiary/aromatic N) is 1. The molecule has 0 amide bonds. The van der Waals surface area contributed by atoms with Crippen molar-refractivity contribution >= 4 is 28.0 Å². The summed E-state index contributed by atoms with van der Waals surface area (Å²) in [5.74, 6) is -3.76. The van der Waals surface area contributed by atoms with Gasteiger partial charge in [-0.2, -0.15) is 8.70 Å². The number of halogens is 1. The van der Waals surface area contributed by atoms with Gasteiger partial charge in [0.15, 0.2) is 0 Å². The van der Waals surface area contributed by atoms with E-state index >= 15 is 0 Å². The molecule has 0 aliphatic heterocycles. The SMILES string of the molecule is CCCN(CCC)S(=O)(=O)c1ccc(C(=O)O)cc1.O=C(O)/C(F)=C/c1ccccc1. The van der Waals surface area contributed by atoms with E-state index in [0.29, 0.717) is 18.7 Å². The molecule has 0 atom stereocenters. The van der Waals surface area contributed by atoms with Crippen molar-refractivity contribution in [2.45, 2.75) is 31.6 Å². The van der Waals surface area contributed by atoms with E-state index < -0.39 is 27.8 Å². The Kier molecular flexibility index (Phi) is 10.6. The molecular formula is C22H26FNO6S. The Morgan fingerprint density at radius 1 is 0.935 bits per heavy atom. The van der Waals surface area contributed by atoms with Gasteiger partial charge in [0.25, 0.3) is 0 Å². The molecule has 7 nitrogen and oxygen atoms in total. The van der Waals surface area contributed by atoms with Crippen molar-refractivity contribution < 1.29 is 32.6 Å². The Balaban J connectivity index is 0.000000343. The largest absolute Gasteiger partial charge is 0.478 e. The third kappa shape index (κ3) is 8.31. The first kappa shape index (κ1) is 26.0. The molecule has 0 aliphatic rings. The van der Waals surface area contributed by atoms with Crippen LogP contribution in [-0.2, 0) is 14.8 Å². The molecule has 0 spiro atoms. The molecule has 0 saturated heterocycles. The topological polar surface area (TPSA) is 112 Å². The number of carboxylic acids is 2. The number of benzene rings is 2. The van der Waals surface area contributed by atoms with Gasteiger partial charge in [-0.3, -0.25) is 0 Å². The molecule has 0 aromatic heterocycles. The highest BCUT2D eigenvalue weighted by molar-refractivity contribution is 7.89. The van der Waals surface area contributed by atoms with E-state index in [1.165, 1.54) is 28.6 Å². The second kappa shape index (κ2) is 12.6. The maximum Gasteiger partial charge on any atom is 0.364 e. The van der Waals surface area contributed by atoms with Crippen molar-refractivity contribution in [2.24, 2.45) is 0 Å². The zero-order valence-corrected chi connectivity index (χ0v) is 18.2. The first-order chi connectivity index (χ1) is 14.6. The monoisotopic (exact) mass is 451 g/mol. The number of aromatic carboxylic acids is 1. The Morgan fingerprint density at radius 3 is 1.87 bits per heavy atom. The van der Waals surface area contributed by atoms with Crippen LogP contribution >= 0.6 is 0 Å². The van der Waals surface area contributed by atoms with Gasteiger partial charge in [-0.1, -0.05) is 44.2 Å². The molecule has 2 N–H and O–H groups in total. The lowest BCUT2D eigenvalue weighted by Crippen LogP contribution is -2.32. The molecule has 0 bridgehead atoms. The van der Waals surface area contributed by atoms with Gasteiger partial charge in [-0.15, -0.1) is 0 Å². The maximum atomic E-state index is 12.5. The van der Waals surface area contributed by atoms with Gasteiger partial charge in [0, 0.05) is 13.1 Å². The molecule has 0 radical (unpaired) electrons. The van der Waals surface area contributed by atoms with Gasteiger partial charge in [-0.25, -0.2) is 18.0 Å². The molecule has 31 heavy (non-hydrogen) atoms. The van der Waals surface area contributed by atoms with E-state index in [0.717, 1.165) is 18.9 Å². The summed E-state index contributed by atoms with van der Waals surface area (Å²) < 4.78 is 38.6. The predicted octanol–water partition coefficient (Wildman–Crippen LogP) is 4.28. The molecule has 168 valence electrons. The lowest BCUT2D eigenvalue weighted by atomic mass is 10.2. The third-order valence-electron chi connectivity index (χ3n) is 3.98. The van der Waals surface area contributed by atoms with E-state index in [-0.39, 0.29) is 10.5 Å². The van der Waals surface area contributed by atoms with Crippen LogP contribution in [0.25, 0.3) is 6.08 Å². The molecule has 0 aliphatic carbocycles. The quantitative estimate of drug-likeness (QED) is 0.551. The Bertz CT molecular complexity index is 982. The summed E-state index contributed by atoms with van der Waals surface area (Å²) in [6.45, 7) is 4.78. The average Bonchev–Trinajstić information content (AvgIpc) is 2.74. The van der Waals surface area contributed by atoms with Crippen LogP contribution in [0.1, 0.15) is 42.6 Å². The molecule has 0 saturated carbocycles.